The Morgan fingerprint density at radius 2 is 2.04 bits per heavy atom. The maximum atomic E-state index is 13.1. The fourth-order valence-electron chi connectivity index (χ4n) is 4.05. The molecule has 1 aromatic carbocycles. The van der Waals surface area contributed by atoms with E-state index < -0.39 is 0 Å². The topological polar surface area (TPSA) is 46.1 Å². The lowest BCUT2D eigenvalue weighted by atomic mass is 9.98. The largest absolute Gasteiger partial charge is 0.327 e. The smallest absolute Gasteiger partial charge is 0.264 e. The zero-order chi connectivity index (χ0) is 17.7. The standard InChI is InChI=1S/C20H16FN3OS/c21-13-5-3-12(4-6-13)19-22-11-15-16(23-19)10-14-7-8-17(15)24(14)20(25)18-2-1-9-26-18/h1-6,9,11,14,17H,7-8,10H2. The van der Waals surface area contributed by atoms with E-state index in [4.69, 9.17) is 4.98 Å². The van der Waals surface area contributed by atoms with Crippen LogP contribution in [0.5, 0.6) is 0 Å². The van der Waals surface area contributed by atoms with Gasteiger partial charge >= 0.3 is 0 Å². The lowest BCUT2D eigenvalue weighted by Crippen LogP contribution is -2.42. The van der Waals surface area contributed by atoms with Crippen molar-refractivity contribution in [3.05, 3.63) is 69.9 Å². The van der Waals surface area contributed by atoms with Gasteiger partial charge in [-0.3, -0.25) is 4.79 Å². The van der Waals surface area contributed by atoms with Crippen LogP contribution in [-0.4, -0.2) is 26.8 Å². The highest BCUT2D eigenvalue weighted by Crippen LogP contribution is 2.44. The summed E-state index contributed by atoms with van der Waals surface area (Å²) in [5, 5.41) is 1.94. The molecule has 4 heterocycles. The molecule has 3 aromatic rings. The second-order valence-corrected chi connectivity index (χ2v) is 7.69. The first kappa shape index (κ1) is 15.6. The Morgan fingerprint density at radius 3 is 2.81 bits per heavy atom. The number of benzene rings is 1. The Labute approximate surface area is 154 Å². The SMILES string of the molecule is O=C(c1cccs1)N1C2CCC1c1cnc(-c3ccc(F)cc3)nc1C2. The van der Waals surface area contributed by atoms with E-state index >= 15 is 0 Å². The summed E-state index contributed by atoms with van der Waals surface area (Å²) < 4.78 is 13.1. The fourth-order valence-corrected chi connectivity index (χ4v) is 4.72. The van der Waals surface area contributed by atoms with Crippen molar-refractivity contribution in [3.63, 3.8) is 0 Å². The van der Waals surface area contributed by atoms with Crippen LogP contribution in [0, 0.1) is 5.82 Å². The normalized spacial score (nSPS) is 20.9. The van der Waals surface area contributed by atoms with E-state index in [0.29, 0.717) is 5.82 Å². The monoisotopic (exact) mass is 365 g/mol. The fraction of sp³-hybridized carbons (Fsp3) is 0.250. The van der Waals surface area contributed by atoms with Gasteiger partial charge < -0.3 is 4.90 Å². The molecule has 26 heavy (non-hydrogen) atoms. The maximum absolute atomic E-state index is 13.1. The van der Waals surface area contributed by atoms with Crippen LogP contribution < -0.4 is 0 Å². The zero-order valence-corrected chi connectivity index (χ0v) is 14.7. The van der Waals surface area contributed by atoms with E-state index in [1.807, 2.05) is 28.6 Å². The van der Waals surface area contributed by atoms with Crippen LogP contribution in [0.15, 0.2) is 48.0 Å². The van der Waals surface area contributed by atoms with E-state index in [9.17, 15) is 9.18 Å². The molecule has 2 aliphatic rings. The van der Waals surface area contributed by atoms with E-state index in [0.717, 1.165) is 41.0 Å². The average molecular weight is 365 g/mol. The van der Waals surface area contributed by atoms with Crippen LogP contribution >= 0.6 is 11.3 Å². The molecule has 0 saturated carbocycles. The molecule has 0 N–H and O–H groups in total. The molecule has 5 rings (SSSR count). The molecule has 2 aliphatic heterocycles. The number of carbonyl (C=O) groups excluding carboxylic acids is 1. The van der Waals surface area contributed by atoms with E-state index in [-0.39, 0.29) is 23.8 Å². The van der Waals surface area contributed by atoms with E-state index in [1.165, 1.54) is 23.5 Å². The predicted octanol–water partition coefficient (Wildman–Crippen LogP) is 4.25. The summed E-state index contributed by atoms with van der Waals surface area (Å²) in [5.41, 5.74) is 2.87. The number of nitrogens with zero attached hydrogens (tertiary/aromatic N) is 3. The van der Waals surface area contributed by atoms with Crippen molar-refractivity contribution in [1.29, 1.82) is 0 Å². The molecule has 2 bridgehead atoms. The summed E-state index contributed by atoms with van der Waals surface area (Å²) in [5.74, 6) is 0.453. The van der Waals surface area contributed by atoms with Gasteiger partial charge in [-0.15, -0.1) is 11.3 Å². The number of thiophene rings is 1. The summed E-state index contributed by atoms with van der Waals surface area (Å²) in [7, 11) is 0. The Morgan fingerprint density at radius 1 is 1.19 bits per heavy atom. The molecule has 1 saturated heterocycles. The Balaban J connectivity index is 1.50. The third kappa shape index (κ3) is 2.44. The van der Waals surface area contributed by atoms with Crippen molar-refractivity contribution in [2.45, 2.75) is 31.3 Å². The Bertz CT molecular complexity index is 971. The number of amides is 1. The minimum absolute atomic E-state index is 0.0561. The van der Waals surface area contributed by atoms with Crippen LogP contribution in [-0.2, 0) is 6.42 Å². The lowest BCUT2D eigenvalue weighted by Gasteiger charge is -2.35. The van der Waals surface area contributed by atoms with E-state index in [2.05, 4.69) is 4.98 Å². The van der Waals surface area contributed by atoms with Gasteiger partial charge in [0, 0.05) is 29.8 Å². The molecule has 1 amide bonds. The summed E-state index contributed by atoms with van der Waals surface area (Å²) in [6.45, 7) is 0. The highest BCUT2D eigenvalue weighted by molar-refractivity contribution is 7.12. The third-order valence-electron chi connectivity index (χ3n) is 5.26. The highest BCUT2D eigenvalue weighted by atomic mass is 32.1. The minimum atomic E-state index is -0.271. The summed E-state index contributed by atoms with van der Waals surface area (Å²) >= 11 is 1.49. The van der Waals surface area contributed by atoms with Crippen LogP contribution in [0.4, 0.5) is 4.39 Å². The number of halogens is 1. The first-order chi connectivity index (χ1) is 12.7. The maximum Gasteiger partial charge on any atom is 0.264 e. The van der Waals surface area contributed by atoms with Crippen molar-refractivity contribution in [1.82, 2.24) is 14.9 Å². The Kier molecular flexibility index (Phi) is 3.60. The van der Waals surface area contributed by atoms with Gasteiger partial charge in [0.25, 0.3) is 5.91 Å². The van der Waals surface area contributed by atoms with E-state index in [1.54, 1.807) is 12.1 Å². The van der Waals surface area contributed by atoms with Crippen LogP contribution in [0.3, 0.4) is 0 Å². The number of fused-ring (bicyclic) bond motifs is 4. The van der Waals surface area contributed by atoms with Crippen LogP contribution in [0.1, 0.15) is 39.8 Å². The van der Waals surface area contributed by atoms with Crippen molar-refractivity contribution in [2.75, 3.05) is 0 Å². The Hall–Kier alpha value is -2.60. The molecule has 2 atom stereocenters. The molecule has 0 aliphatic carbocycles. The third-order valence-corrected chi connectivity index (χ3v) is 6.12. The summed E-state index contributed by atoms with van der Waals surface area (Å²) in [4.78, 5) is 25.0. The number of carbonyl (C=O) groups is 1. The second-order valence-electron chi connectivity index (χ2n) is 6.74. The molecule has 6 heteroatoms. The average Bonchev–Trinajstić information content (AvgIpc) is 3.29. The predicted molar refractivity (Wildman–Crippen MR) is 97.4 cm³/mol. The van der Waals surface area contributed by atoms with Gasteiger partial charge in [-0.05, 0) is 48.6 Å². The molecule has 130 valence electrons. The summed E-state index contributed by atoms with van der Waals surface area (Å²) in [6.07, 6.45) is 4.54. The van der Waals surface area contributed by atoms with Crippen molar-refractivity contribution in [2.24, 2.45) is 0 Å². The molecule has 4 nitrogen and oxygen atoms in total. The summed E-state index contributed by atoms with van der Waals surface area (Å²) in [6, 6.07) is 10.3. The van der Waals surface area contributed by atoms with Crippen molar-refractivity contribution < 1.29 is 9.18 Å². The van der Waals surface area contributed by atoms with Gasteiger partial charge in [0.1, 0.15) is 5.82 Å². The molecule has 2 unspecified atom stereocenters. The van der Waals surface area contributed by atoms with Gasteiger partial charge in [0.05, 0.1) is 16.6 Å². The van der Waals surface area contributed by atoms with Gasteiger partial charge in [-0.1, -0.05) is 6.07 Å². The van der Waals surface area contributed by atoms with Gasteiger partial charge in [-0.25, -0.2) is 14.4 Å². The molecule has 0 radical (unpaired) electrons. The second kappa shape index (κ2) is 5.99. The number of hydrogen-bond donors (Lipinski definition) is 0. The lowest BCUT2D eigenvalue weighted by molar-refractivity contribution is 0.0649. The number of rotatable bonds is 2. The van der Waals surface area contributed by atoms with Crippen LogP contribution in [0.25, 0.3) is 11.4 Å². The highest BCUT2D eigenvalue weighted by Gasteiger charge is 2.43. The van der Waals surface area contributed by atoms with Crippen molar-refractivity contribution >= 4 is 17.2 Å². The minimum Gasteiger partial charge on any atom is -0.327 e. The molecule has 0 spiro atoms. The molecular formula is C20H16FN3OS. The number of hydrogen-bond acceptors (Lipinski definition) is 4. The first-order valence-electron chi connectivity index (χ1n) is 8.68. The first-order valence-corrected chi connectivity index (χ1v) is 9.56. The molecular weight excluding hydrogens is 349 g/mol. The van der Waals surface area contributed by atoms with Gasteiger partial charge in [-0.2, -0.15) is 0 Å². The van der Waals surface area contributed by atoms with Crippen molar-refractivity contribution in [3.8, 4) is 11.4 Å². The zero-order valence-electron chi connectivity index (χ0n) is 13.9. The quantitative estimate of drug-likeness (QED) is 0.682. The molecule has 2 aromatic heterocycles. The van der Waals surface area contributed by atoms with Gasteiger partial charge in [0.15, 0.2) is 5.82 Å². The number of aromatic nitrogens is 2. The molecule has 1 fully saturated rings. The van der Waals surface area contributed by atoms with Gasteiger partial charge in [0.2, 0.25) is 0 Å². The van der Waals surface area contributed by atoms with Crippen LogP contribution in [0.2, 0.25) is 0 Å².